The summed E-state index contributed by atoms with van der Waals surface area (Å²) in [4.78, 5) is 5.00. The Bertz CT molecular complexity index is 1060. The molecule has 0 amide bonds. The molecule has 1 saturated heterocycles. The number of methoxy groups -OCH3 is 2. The van der Waals surface area contributed by atoms with Crippen molar-refractivity contribution >= 4 is 27.2 Å². The first-order valence-electron chi connectivity index (χ1n) is 10.3. The topological polar surface area (TPSA) is 92.3 Å². The summed E-state index contributed by atoms with van der Waals surface area (Å²) in [6.07, 6.45) is 1.49. The third kappa shape index (κ3) is 4.26. The number of nitrogens with zero attached hydrogens (tertiary/aromatic N) is 2. The first kappa shape index (κ1) is 21.6. The summed E-state index contributed by atoms with van der Waals surface area (Å²) < 4.78 is 38.7. The zero-order valence-corrected chi connectivity index (χ0v) is 18.6. The van der Waals surface area contributed by atoms with E-state index in [0.29, 0.717) is 25.4 Å². The van der Waals surface area contributed by atoms with Crippen molar-refractivity contribution in [3.8, 4) is 5.75 Å². The van der Waals surface area contributed by atoms with Crippen molar-refractivity contribution in [3.05, 3.63) is 48.5 Å². The molecular formula is C22H28N4O4S. The smallest absolute Gasteiger partial charge is 0.243 e. The van der Waals surface area contributed by atoms with Gasteiger partial charge in [0.05, 0.1) is 36.5 Å². The van der Waals surface area contributed by atoms with Crippen LogP contribution in [0.2, 0.25) is 0 Å². The molecule has 2 aliphatic rings. The molecule has 1 spiro atoms. The fourth-order valence-electron chi connectivity index (χ4n) is 4.12. The molecule has 2 aromatic rings. The Labute approximate surface area is 183 Å². The van der Waals surface area contributed by atoms with Crippen LogP contribution in [0.4, 0.5) is 11.4 Å². The van der Waals surface area contributed by atoms with E-state index in [-0.39, 0.29) is 11.4 Å². The minimum atomic E-state index is -3.66. The molecule has 0 bridgehead atoms. The van der Waals surface area contributed by atoms with Gasteiger partial charge in [0.25, 0.3) is 0 Å². The highest BCUT2D eigenvalue weighted by Gasteiger charge is 2.46. The highest BCUT2D eigenvalue weighted by molar-refractivity contribution is 7.89. The molecule has 9 heteroatoms. The lowest BCUT2D eigenvalue weighted by atomic mass is 9.86. The van der Waals surface area contributed by atoms with E-state index in [0.717, 1.165) is 30.1 Å². The number of ether oxygens (including phenoxy) is 2. The molecule has 2 aromatic carbocycles. The largest absolute Gasteiger partial charge is 0.497 e. The minimum Gasteiger partial charge on any atom is -0.497 e. The monoisotopic (exact) mass is 444 g/mol. The second-order valence-electron chi connectivity index (χ2n) is 7.72. The summed E-state index contributed by atoms with van der Waals surface area (Å²) in [5, 5.41) is 7.04. The van der Waals surface area contributed by atoms with Crippen molar-refractivity contribution in [1.29, 1.82) is 0 Å². The maximum absolute atomic E-state index is 13.4. The van der Waals surface area contributed by atoms with Crippen LogP contribution in [-0.4, -0.2) is 64.6 Å². The van der Waals surface area contributed by atoms with E-state index in [1.807, 2.05) is 24.3 Å². The first-order valence-corrected chi connectivity index (χ1v) is 11.7. The standard InChI is InChI=1S/C22H28N4O4S/c1-29-15-13-23-21-22(25-20-7-4-3-6-19(20)24-21)12-5-14-26(16-22)31(27,28)18-10-8-17(30-2)9-11-18/h3-4,6-11,25H,5,12-16H2,1-2H3,(H,23,24)/t22-/m1/s1. The number of aliphatic imine (C=N–C) groups is 1. The van der Waals surface area contributed by atoms with Gasteiger partial charge in [0.2, 0.25) is 10.0 Å². The van der Waals surface area contributed by atoms with E-state index in [9.17, 15) is 8.42 Å². The Balaban J connectivity index is 1.67. The highest BCUT2D eigenvalue weighted by atomic mass is 32.2. The van der Waals surface area contributed by atoms with E-state index >= 15 is 0 Å². The number of fused-ring (bicyclic) bond motifs is 1. The second-order valence-corrected chi connectivity index (χ2v) is 9.66. The van der Waals surface area contributed by atoms with Gasteiger partial charge >= 0.3 is 0 Å². The van der Waals surface area contributed by atoms with Crippen molar-refractivity contribution in [2.45, 2.75) is 23.3 Å². The van der Waals surface area contributed by atoms with E-state index in [1.54, 1.807) is 42.8 Å². The minimum absolute atomic E-state index is 0.257. The molecule has 2 heterocycles. The van der Waals surface area contributed by atoms with E-state index in [1.165, 1.54) is 0 Å². The zero-order chi connectivity index (χ0) is 21.9. The van der Waals surface area contributed by atoms with Gasteiger partial charge in [-0.25, -0.2) is 8.42 Å². The van der Waals surface area contributed by atoms with Crippen LogP contribution in [0.3, 0.4) is 0 Å². The van der Waals surface area contributed by atoms with Crippen LogP contribution in [0.15, 0.2) is 58.4 Å². The Morgan fingerprint density at radius 2 is 1.84 bits per heavy atom. The van der Waals surface area contributed by atoms with Crippen molar-refractivity contribution in [3.63, 3.8) is 0 Å². The normalized spacial score (nSPS) is 22.6. The maximum Gasteiger partial charge on any atom is 0.243 e. The molecule has 1 fully saturated rings. The van der Waals surface area contributed by atoms with Crippen LogP contribution < -0.4 is 15.4 Å². The van der Waals surface area contributed by atoms with Gasteiger partial charge in [-0.3, -0.25) is 4.99 Å². The summed E-state index contributed by atoms with van der Waals surface area (Å²) in [5.41, 5.74) is 1.25. The van der Waals surface area contributed by atoms with E-state index in [2.05, 4.69) is 10.6 Å². The van der Waals surface area contributed by atoms with Gasteiger partial charge in [-0.15, -0.1) is 0 Å². The number of hydrogen-bond acceptors (Lipinski definition) is 6. The fraction of sp³-hybridized carbons (Fsp3) is 0.409. The van der Waals surface area contributed by atoms with Gasteiger partial charge in [-0.2, -0.15) is 4.31 Å². The van der Waals surface area contributed by atoms with Gasteiger partial charge in [0, 0.05) is 20.2 Å². The third-order valence-corrected chi connectivity index (χ3v) is 7.59. The van der Waals surface area contributed by atoms with Crippen molar-refractivity contribution in [2.24, 2.45) is 4.99 Å². The van der Waals surface area contributed by atoms with Crippen LogP contribution in [0.5, 0.6) is 5.75 Å². The molecule has 8 nitrogen and oxygen atoms in total. The molecule has 2 aliphatic heterocycles. The van der Waals surface area contributed by atoms with Gasteiger partial charge in [0.15, 0.2) is 0 Å². The SMILES string of the molecule is COCCN=C1Nc2ccccc2N[C@@]12CCCN(S(=O)(=O)c1ccc(OC)cc1)C2. The van der Waals surface area contributed by atoms with Crippen molar-refractivity contribution in [1.82, 2.24) is 4.31 Å². The number of amidine groups is 1. The Hall–Kier alpha value is -2.62. The van der Waals surface area contributed by atoms with Crippen LogP contribution in [0, 0.1) is 0 Å². The highest BCUT2D eigenvalue weighted by Crippen LogP contribution is 2.37. The van der Waals surface area contributed by atoms with Crippen molar-refractivity contribution in [2.75, 3.05) is 51.1 Å². The molecule has 4 rings (SSSR count). The number of benzene rings is 2. The van der Waals surface area contributed by atoms with Crippen LogP contribution in [-0.2, 0) is 14.8 Å². The lowest BCUT2D eigenvalue weighted by Crippen LogP contribution is -2.62. The number of sulfonamides is 1. The molecule has 166 valence electrons. The Morgan fingerprint density at radius 1 is 1.10 bits per heavy atom. The molecule has 0 aliphatic carbocycles. The number of nitrogens with one attached hydrogen (secondary N) is 2. The number of hydrogen-bond donors (Lipinski definition) is 2. The number of anilines is 2. The number of rotatable bonds is 6. The molecule has 31 heavy (non-hydrogen) atoms. The summed E-state index contributed by atoms with van der Waals surface area (Å²) >= 11 is 0. The zero-order valence-electron chi connectivity index (χ0n) is 17.8. The average Bonchev–Trinajstić information content (AvgIpc) is 2.79. The molecule has 1 atom stereocenters. The molecule has 0 saturated carbocycles. The summed E-state index contributed by atoms with van der Waals surface area (Å²) in [7, 11) is -0.460. The lowest BCUT2D eigenvalue weighted by molar-refractivity contribution is 0.207. The van der Waals surface area contributed by atoms with Crippen molar-refractivity contribution < 1.29 is 17.9 Å². The predicted molar refractivity (Wildman–Crippen MR) is 122 cm³/mol. The van der Waals surface area contributed by atoms with Gasteiger partial charge in [-0.05, 0) is 49.2 Å². The lowest BCUT2D eigenvalue weighted by Gasteiger charge is -2.46. The summed E-state index contributed by atoms with van der Waals surface area (Å²) in [6, 6.07) is 14.4. The average molecular weight is 445 g/mol. The van der Waals surface area contributed by atoms with Crippen LogP contribution >= 0.6 is 0 Å². The van der Waals surface area contributed by atoms with Gasteiger partial charge < -0.3 is 20.1 Å². The van der Waals surface area contributed by atoms with E-state index < -0.39 is 15.6 Å². The van der Waals surface area contributed by atoms with E-state index in [4.69, 9.17) is 14.5 Å². The first-order chi connectivity index (χ1) is 15.0. The van der Waals surface area contributed by atoms with Gasteiger partial charge in [-0.1, -0.05) is 12.1 Å². The molecular weight excluding hydrogens is 416 g/mol. The second kappa shape index (κ2) is 8.86. The number of para-hydroxylation sites is 2. The molecule has 0 aromatic heterocycles. The Morgan fingerprint density at radius 3 is 2.55 bits per heavy atom. The number of piperidine rings is 1. The summed E-state index contributed by atoms with van der Waals surface area (Å²) in [6.45, 7) is 1.74. The molecule has 0 radical (unpaired) electrons. The maximum atomic E-state index is 13.4. The molecule has 2 N–H and O–H groups in total. The predicted octanol–water partition coefficient (Wildman–Crippen LogP) is 2.80. The fourth-order valence-corrected chi connectivity index (χ4v) is 5.66. The quantitative estimate of drug-likeness (QED) is 0.666. The van der Waals surface area contributed by atoms with Crippen LogP contribution in [0.25, 0.3) is 0 Å². The third-order valence-electron chi connectivity index (χ3n) is 5.73. The summed E-state index contributed by atoms with van der Waals surface area (Å²) in [5.74, 6) is 1.37. The molecule has 0 unspecified atom stereocenters. The Kier molecular flexibility index (Phi) is 6.17. The van der Waals surface area contributed by atoms with Crippen LogP contribution in [0.1, 0.15) is 12.8 Å². The van der Waals surface area contributed by atoms with Gasteiger partial charge in [0.1, 0.15) is 17.1 Å².